The van der Waals surface area contributed by atoms with Crippen molar-refractivity contribution < 1.29 is 53.7 Å². The van der Waals surface area contributed by atoms with E-state index in [0.29, 0.717) is 0 Å². The summed E-state index contributed by atoms with van der Waals surface area (Å²) in [5.74, 6) is -6.36. The minimum atomic E-state index is -4.30. The van der Waals surface area contributed by atoms with Crippen LogP contribution in [0, 0.1) is 0 Å². The Morgan fingerprint density at radius 1 is 1.04 bits per heavy atom. The maximum absolute atomic E-state index is 12.3. The number of hydrogen-bond donors (Lipinski definition) is 6. The molecular formula is C15H20NO11P. The molecule has 0 heterocycles. The van der Waals surface area contributed by atoms with Crippen molar-refractivity contribution >= 4 is 25.3 Å². The van der Waals surface area contributed by atoms with Crippen molar-refractivity contribution in [1.29, 1.82) is 0 Å². The summed E-state index contributed by atoms with van der Waals surface area (Å²) < 4.78 is 22.2. The van der Waals surface area contributed by atoms with Gasteiger partial charge < -0.3 is 40.5 Å². The molecule has 12 nitrogen and oxygen atoms in total. The molecule has 0 saturated heterocycles. The number of carbonyl (C=O) groups is 3. The van der Waals surface area contributed by atoms with Crippen LogP contribution >= 0.6 is 7.37 Å². The van der Waals surface area contributed by atoms with Crippen LogP contribution in [-0.4, -0.2) is 68.6 Å². The molecule has 3 atom stereocenters. The summed E-state index contributed by atoms with van der Waals surface area (Å²) in [5, 5.41) is 36.3. The summed E-state index contributed by atoms with van der Waals surface area (Å²) in [4.78, 5) is 42.0. The van der Waals surface area contributed by atoms with Crippen LogP contribution in [0.4, 0.5) is 0 Å². The van der Waals surface area contributed by atoms with E-state index in [1.165, 1.54) is 0 Å². The Hall–Kier alpha value is -2.66. The standard InChI is InChI=1S/C15H20NO11P/c16-9(14(21)22)3-4-28(24,25)15(23)8-1-2-10(26-6-12(17)18)11(5-8)27-7-13(19)20/h1-2,5,9,15,23H,3-4,6-7,16H2,(H,17,18)(H,19,20)(H,21,22)(H,24,25)/t9-,15?/m1/s1. The van der Waals surface area contributed by atoms with Crippen molar-refractivity contribution in [3.05, 3.63) is 23.8 Å². The summed E-state index contributed by atoms with van der Waals surface area (Å²) in [5.41, 5.74) is 5.14. The molecule has 156 valence electrons. The van der Waals surface area contributed by atoms with Crippen LogP contribution in [0.5, 0.6) is 11.5 Å². The molecule has 0 aliphatic heterocycles. The fourth-order valence-corrected chi connectivity index (χ4v) is 3.52. The van der Waals surface area contributed by atoms with Gasteiger partial charge in [-0.25, -0.2) is 9.59 Å². The lowest BCUT2D eigenvalue weighted by Crippen LogP contribution is -2.31. The van der Waals surface area contributed by atoms with Gasteiger partial charge in [-0.2, -0.15) is 0 Å². The Balaban J connectivity index is 3.05. The zero-order chi connectivity index (χ0) is 21.5. The van der Waals surface area contributed by atoms with E-state index in [0.717, 1.165) is 18.2 Å². The van der Waals surface area contributed by atoms with E-state index in [-0.39, 0.29) is 23.5 Å². The van der Waals surface area contributed by atoms with Gasteiger partial charge in [0.15, 0.2) is 30.6 Å². The first-order valence-electron chi connectivity index (χ1n) is 7.75. The first-order valence-corrected chi connectivity index (χ1v) is 9.66. The van der Waals surface area contributed by atoms with Crippen LogP contribution in [0.1, 0.15) is 17.8 Å². The number of rotatable bonds is 12. The summed E-state index contributed by atoms with van der Waals surface area (Å²) >= 11 is 0. The SMILES string of the molecule is N[C@H](CCP(=O)(O)C(O)c1ccc(OCC(=O)O)c(OCC(=O)O)c1)C(=O)O. The van der Waals surface area contributed by atoms with Crippen LogP contribution < -0.4 is 15.2 Å². The third kappa shape index (κ3) is 7.16. The molecule has 7 N–H and O–H groups in total. The van der Waals surface area contributed by atoms with Gasteiger partial charge in [0.25, 0.3) is 0 Å². The summed E-state index contributed by atoms with van der Waals surface area (Å²) in [7, 11) is -4.30. The van der Waals surface area contributed by atoms with Crippen molar-refractivity contribution in [2.75, 3.05) is 19.4 Å². The van der Waals surface area contributed by atoms with E-state index >= 15 is 0 Å². The summed E-state index contributed by atoms with van der Waals surface area (Å²) in [6, 6.07) is 1.95. The smallest absolute Gasteiger partial charge is 0.341 e. The molecule has 0 fully saturated rings. The molecule has 0 spiro atoms. The number of carboxylic acid groups (broad SMARTS) is 3. The van der Waals surface area contributed by atoms with Gasteiger partial charge >= 0.3 is 17.9 Å². The second kappa shape index (κ2) is 10.0. The first-order chi connectivity index (χ1) is 12.9. The van der Waals surface area contributed by atoms with E-state index in [4.69, 9.17) is 30.5 Å². The zero-order valence-corrected chi connectivity index (χ0v) is 15.3. The van der Waals surface area contributed by atoms with Crippen molar-refractivity contribution in [1.82, 2.24) is 0 Å². The molecule has 28 heavy (non-hydrogen) atoms. The quantitative estimate of drug-likeness (QED) is 0.239. The normalized spacial score (nSPS) is 15.1. The minimum Gasteiger partial charge on any atom is -0.480 e. The van der Waals surface area contributed by atoms with Gasteiger partial charge in [0.05, 0.1) is 0 Å². The van der Waals surface area contributed by atoms with Gasteiger partial charge in [-0.3, -0.25) is 9.36 Å². The summed E-state index contributed by atoms with van der Waals surface area (Å²) in [6.45, 7) is -1.57. The highest BCUT2D eigenvalue weighted by molar-refractivity contribution is 7.58. The number of aliphatic hydroxyl groups excluding tert-OH is 1. The highest BCUT2D eigenvalue weighted by atomic mass is 31.2. The Bertz CT molecular complexity index is 781. The third-order valence-electron chi connectivity index (χ3n) is 3.43. The summed E-state index contributed by atoms with van der Waals surface area (Å²) in [6.07, 6.45) is -0.938. The van der Waals surface area contributed by atoms with Crippen molar-refractivity contribution in [2.45, 2.75) is 18.3 Å². The number of aliphatic hydroxyl groups is 1. The maximum Gasteiger partial charge on any atom is 0.341 e. The fraction of sp³-hybridized carbons (Fsp3) is 0.400. The van der Waals surface area contributed by atoms with Crippen LogP contribution in [0.15, 0.2) is 18.2 Å². The van der Waals surface area contributed by atoms with Gasteiger partial charge in [0.1, 0.15) is 6.04 Å². The predicted octanol–water partition coefficient (Wildman–Crippen LogP) is -0.323. The molecule has 0 saturated carbocycles. The van der Waals surface area contributed by atoms with E-state index in [9.17, 15) is 28.9 Å². The lowest BCUT2D eigenvalue weighted by atomic mass is 10.2. The Morgan fingerprint density at radius 3 is 2.07 bits per heavy atom. The zero-order valence-electron chi connectivity index (χ0n) is 14.4. The van der Waals surface area contributed by atoms with Crippen molar-refractivity contribution in [2.24, 2.45) is 5.73 Å². The second-order valence-corrected chi connectivity index (χ2v) is 8.10. The largest absolute Gasteiger partial charge is 0.480 e. The Labute approximate surface area is 158 Å². The molecule has 1 aromatic rings. The molecule has 0 radical (unpaired) electrons. The number of aliphatic carboxylic acids is 3. The Morgan fingerprint density at radius 2 is 1.57 bits per heavy atom. The number of benzene rings is 1. The van der Waals surface area contributed by atoms with Crippen molar-refractivity contribution in [3.8, 4) is 11.5 Å². The lowest BCUT2D eigenvalue weighted by molar-refractivity contribution is -0.140. The minimum absolute atomic E-state index is 0.141. The van der Waals surface area contributed by atoms with Crippen molar-refractivity contribution in [3.63, 3.8) is 0 Å². The third-order valence-corrected chi connectivity index (χ3v) is 5.39. The molecule has 0 aliphatic rings. The lowest BCUT2D eigenvalue weighted by Gasteiger charge is -2.20. The molecule has 13 heteroatoms. The average molecular weight is 421 g/mol. The molecule has 1 aromatic carbocycles. The highest BCUT2D eigenvalue weighted by Gasteiger charge is 2.32. The van der Waals surface area contributed by atoms with E-state index in [1.54, 1.807) is 0 Å². The molecule has 0 bridgehead atoms. The maximum atomic E-state index is 12.3. The van der Waals surface area contributed by atoms with Crippen LogP contribution in [0.2, 0.25) is 0 Å². The van der Waals surface area contributed by atoms with E-state index in [2.05, 4.69) is 0 Å². The number of hydrogen-bond acceptors (Lipinski definition) is 8. The molecule has 0 aliphatic carbocycles. The van der Waals surface area contributed by atoms with Gasteiger partial charge in [-0.15, -0.1) is 0 Å². The van der Waals surface area contributed by atoms with Crippen LogP contribution in [0.3, 0.4) is 0 Å². The number of ether oxygens (including phenoxy) is 2. The second-order valence-electron chi connectivity index (χ2n) is 5.66. The molecule has 2 unspecified atom stereocenters. The van der Waals surface area contributed by atoms with Gasteiger partial charge in [-0.1, -0.05) is 6.07 Å². The van der Waals surface area contributed by atoms with Gasteiger partial charge in [-0.05, 0) is 24.1 Å². The first kappa shape index (κ1) is 23.4. The van der Waals surface area contributed by atoms with E-state index in [1.807, 2.05) is 0 Å². The molecule has 0 aromatic heterocycles. The topological polar surface area (TPSA) is 214 Å². The molecule has 1 rings (SSSR count). The monoisotopic (exact) mass is 421 g/mol. The van der Waals surface area contributed by atoms with Crippen LogP contribution in [-0.2, 0) is 18.9 Å². The number of carboxylic acids is 3. The van der Waals surface area contributed by atoms with Gasteiger partial charge in [0, 0.05) is 6.16 Å². The highest BCUT2D eigenvalue weighted by Crippen LogP contribution is 2.55. The van der Waals surface area contributed by atoms with E-state index < -0.39 is 56.5 Å². The predicted molar refractivity (Wildman–Crippen MR) is 92.6 cm³/mol. The number of nitrogens with two attached hydrogens (primary N) is 1. The average Bonchev–Trinajstić information content (AvgIpc) is 2.62. The Kier molecular flexibility index (Phi) is 8.38. The fourth-order valence-electron chi connectivity index (χ4n) is 2.00. The van der Waals surface area contributed by atoms with Crippen LogP contribution in [0.25, 0.3) is 0 Å². The van der Waals surface area contributed by atoms with Gasteiger partial charge in [0.2, 0.25) is 7.37 Å². The molecular weight excluding hydrogens is 401 g/mol. The molecule has 0 amide bonds.